The minimum Gasteiger partial charge on any atom is -0.311 e. The quantitative estimate of drug-likeness (QED) is 0.895. The Morgan fingerprint density at radius 1 is 1.50 bits per heavy atom. The molecule has 2 heterocycles. The summed E-state index contributed by atoms with van der Waals surface area (Å²) in [6.45, 7) is 9.62. The zero-order chi connectivity index (χ0) is 13.1. The molecule has 2 aromatic rings. The lowest BCUT2D eigenvalue weighted by atomic mass is 10.2. The second-order valence-corrected chi connectivity index (χ2v) is 5.52. The van der Waals surface area contributed by atoms with Crippen molar-refractivity contribution in [1.82, 2.24) is 14.7 Å². The Kier molecular flexibility index (Phi) is 4.19. The van der Waals surface area contributed by atoms with Crippen LogP contribution in [0.15, 0.2) is 11.5 Å². The number of aromatic nitrogens is 2. The maximum atomic E-state index is 4.58. The SMILES string of the molecule is CCCNC(C)/C=C/c1c(C)nc2scc(C)n12. The minimum atomic E-state index is 0.397. The first-order valence-corrected chi connectivity index (χ1v) is 7.36. The molecule has 3 nitrogen and oxygen atoms in total. The molecule has 2 aromatic heterocycles. The molecule has 0 amide bonds. The molecule has 98 valence electrons. The summed E-state index contributed by atoms with van der Waals surface area (Å²) in [5, 5.41) is 5.61. The Morgan fingerprint density at radius 3 is 3.00 bits per heavy atom. The molecule has 1 N–H and O–H groups in total. The van der Waals surface area contributed by atoms with Gasteiger partial charge >= 0.3 is 0 Å². The standard InChI is InChI=1S/C14H21N3S/c1-5-8-15-10(2)6-7-13-12(4)16-14-17(13)11(3)9-18-14/h6-7,9-10,15H,5,8H2,1-4H3/b7-6+. The van der Waals surface area contributed by atoms with Crippen molar-refractivity contribution < 1.29 is 0 Å². The summed E-state index contributed by atoms with van der Waals surface area (Å²) >= 11 is 1.70. The van der Waals surface area contributed by atoms with Crippen molar-refractivity contribution in [3.8, 4) is 0 Å². The van der Waals surface area contributed by atoms with Crippen LogP contribution in [0.4, 0.5) is 0 Å². The summed E-state index contributed by atoms with van der Waals surface area (Å²) in [6, 6.07) is 0.397. The molecule has 0 aliphatic carbocycles. The van der Waals surface area contributed by atoms with E-state index in [0.29, 0.717) is 6.04 Å². The molecule has 0 aliphatic heterocycles. The summed E-state index contributed by atoms with van der Waals surface area (Å²) in [6.07, 6.45) is 5.56. The van der Waals surface area contributed by atoms with Gasteiger partial charge in [0.1, 0.15) is 0 Å². The number of nitrogens with one attached hydrogen (secondary N) is 1. The van der Waals surface area contributed by atoms with Crippen LogP contribution in [-0.2, 0) is 0 Å². The first-order valence-electron chi connectivity index (χ1n) is 6.48. The van der Waals surface area contributed by atoms with Crippen LogP contribution in [0.3, 0.4) is 0 Å². The van der Waals surface area contributed by atoms with E-state index in [-0.39, 0.29) is 0 Å². The van der Waals surface area contributed by atoms with Gasteiger partial charge in [0.2, 0.25) is 0 Å². The second kappa shape index (κ2) is 5.67. The third kappa shape index (κ3) is 2.65. The number of rotatable bonds is 5. The molecule has 0 aromatic carbocycles. The van der Waals surface area contributed by atoms with Crippen molar-refractivity contribution in [2.45, 2.75) is 40.2 Å². The summed E-state index contributed by atoms with van der Waals surface area (Å²) in [5.41, 5.74) is 3.56. The monoisotopic (exact) mass is 263 g/mol. The van der Waals surface area contributed by atoms with Crippen molar-refractivity contribution in [3.63, 3.8) is 0 Å². The zero-order valence-electron chi connectivity index (χ0n) is 11.5. The third-order valence-electron chi connectivity index (χ3n) is 3.01. The molecule has 1 unspecified atom stereocenters. The first kappa shape index (κ1) is 13.3. The zero-order valence-corrected chi connectivity index (χ0v) is 12.3. The Bertz CT molecular complexity index is 551. The average Bonchev–Trinajstić information content (AvgIpc) is 2.84. The van der Waals surface area contributed by atoms with E-state index in [2.05, 4.69) is 59.9 Å². The number of hydrogen-bond acceptors (Lipinski definition) is 3. The third-order valence-corrected chi connectivity index (χ3v) is 3.96. The number of hydrogen-bond donors (Lipinski definition) is 1. The van der Waals surface area contributed by atoms with Crippen LogP contribution in [0.5, 0.6) is 0 Å². The van der Waals surface area contributed by atoms with Crippen molar-refractivity contribution in [2.75, 3.05) is 6.54 Å². The van der Waals surface area contributed by atoms with Crippen LogP contribution in [0.2, 0.25) is 0 Å². The number of thiazole rings is 1. The van der Waals surface area contributed by atoms with E-state index in [1.807, 2.05) is 0 Å². The Labute approximate surface area is 113 Å². The van der Waals surface area contributed by atoms with E-state index in [4.69, 9.17) is 0 Å². The van der Waals surface area contributed by atoms with Crippen LogP contribution in [-0.4, -0.2) is 22.0 Å². The minimum absolute atomic E-state index is 0.397. The van der Waals surface area contributed by atoms with Gasteiger partial charge in [-0.05, 0) is 39.8 Å². The van der Waals surface area contributed by atoms with Crippen molar-refractivity contribution >= 4 is 22.4 Å². The van der Waals surface area contributed by atoms with E-state index in [1.54, 1.807) is 11.3 Å². The van der Waals surface area contributed by atoms with Crippen LogP contribution in [0, 0.1) is 13.8 Å². The van der Waals surface area contributed by atoms with Gasteiger partial charge in [0.25, 0.3) is 0 Å². The van der Waals surface area contributed by atoms with Gasteiger partial charge in [0.15, 0.2) is 4.96 Å². The highest BCUT2D eigenvalue weighted by atomic mass is 32.1. The van der Waals surface area contributed by atoms with Crippen LogP contribution >= 0.6 is 11.3 Å². The van der Waals surface area contributed by atoms with Gasteiger partial charge in [-0.1, -0.05) is 13.0 Å². The molecule has 0 fully saturated rings. The molecule has 0 saturated heterocycles. The predicted molar refractivity (Wildman–Crippen MR) is 79.3 cm³/mol. The highest BCUT2D eigenvalue weighted by molar-refractivity contribution is 7.15. The summed E-state index contributed by atoms with van der Waals surface area (Å²) in [4.78, 5) is 5.67. The number of nitrogens with zero attached hydrogens (tertiary/aromatic N) is 2. The van der Waals surface area contributed by atoms with Crippen molar-refractivity contribution in [3.05, 3.63) is 28.5 Å². The lowest BCUT2D eigenvalue weighted by Gasteiger charge is -2.07. The van der Waals surface area contributed by atoms with Gasteiger partial charge in [0.05, 0.1) is 11.4 Å². The molecule has 0 spiro atoms. The first-order chi connectivity index (χ1) is 8.63. The second-order valence-electron chi connectivity index (χ2n) is 4.68. The van der Waals surface area contributed by atoms with Gasteiger partial charge in [0, 0.05) is 17.1 Å². The molecular formula is C14H21N3S. The molecule has 1 atom stereocenters. The van der Waals surface area contributed by atoms with E-state index in [0.717, 1.165) is 23.6 Å². The van der Waals surface area contributed by atoms with Gasteiger partial charge in [-0.25, -0.2) is 4.98 Å². The molecular weight excluding hydrogens is 242 g/mol. The lowest BCUT2D eigenvalue weighted by Crippen LogP contribution is -2.24. The average molecular weight is 263 g/mol. The molecule has 4 heteroatoms. The Morgan fingerprint density at radius 2 is 2.28 bits per heavy atom. The number of fused-ring (bicyclic) bond motifs is 1. The highest BCUT2D eigenvalue weighted by Gasteiger charge is 2.09. The van der Waals surface area contributed by atoms with Gasteiger partial charge < -0.3 is 5.32 Å². The normalized spacial score (nSPS) is 13.8. The molecule has 0 saturated carbocycles. The molecule has 0 bridgehead atoms. The van der Waals surface area contributed by atoms with Gasteiger partial charge in [-0.15, -0.1) is 11.3 Å². The smallest absolute Gasteiger partial charge is 0.194 e. The molecule has 18 heavy (non-hydrogen) atoms. The van der Waals surface area contributed by atoms with E-state index in [9.17, 15) is 0 Å². The predicted octanol–water partition coefficient (Wildman–Crippen LogP) is 3.41. The maximum Gasteiger partial charge on any atom is 0.194 e. The highest BCUT2D eigenvalue weighted by Crippen LogP contribution is 2.21. The lowest BCUT2D eigenvalue weighted by molar-refractivity contribution is 0.625. The number of aryl methyl sites for hydroxylation is 2. The summed E-state index contributed by atoms with van der Waals surface area (Å²) < 4.78 is 2.23. The molecule has 0 radical (unpaired) electrons. The van der Waals surface area contributed by atoms with E-state index >= 15 is 0 Å². The topological polar surface area (TPSA) is 29.3 Å². The van der Waals surface area contributed by atoms with Crippen LogP contribution in [0.25, 0.3) is 11.0 Å². The summed E-state index contributed by atoms with van der Waals surface area (Å²) in [5.74, 6) is 0. The van der Waals surface area contributed by atoms with Gasteiger partial charge in [-0.3, -0.25) is 4.40 Å². The molecule has 2 rings (SSSR count). The molecule has 0 aliphatic rings. The van der Waals surface area contributed by atoms with E-state index < -0.39 is 0 Å². The van der Waals surface area contributed by atoms with E-state index in [1.165, 1.54) is 11.4 Å². The van der Waals surface area contributed by atoms with Gasteiger partial charge in [-0.2, -0.15) is 0 Å². The number of imidazole rings is 1. The fraction of sp³-hybridized carbons (Fsp3) is 0.500. The fourth-order valence-corrected chi connectivity index (χ4v) is 2.92. The van der Waals surface area contributed by atoms with Crippen LogP contribution < -0.4 is 5.32 Å². The summed E-state index contributed by atoms with van der Waals surface area (Å²) in [7, 11) is 0. The largest absolute Gasteiger partial charge is 0.311 e. The van der Waals surface area contributed by atoms with Crippen LogP contribution in [0.1, 0.15) is 37.4 Å². The van der Waals surface area contributed by atoms with Crippen molar-refractivity contribution in [1.29, 1.82) is 0 Å². The fourth-order valence-electron chi connectivity index (χ4n) is 2.00. The Hall–Kier alpha value is -1.13. The van der Waals surface area contributed by atoms with Crippen molar-refractivity contribution in [2.24, 2.45) is 0 Å². The maximum absolute atomic E-state index is 4.58. The Balaban J connectivity index is 2.22.